The van der Waals surface area contributed by atoms with Gasteiger partial charge in [-0.2, -0.15) is 10.4 Å². The van der Waals surface area contributed by atoms with E-state index in [-0.39, 0.29) is 6.42 Å². The Bertz CT molecular complexity index is 1350. The molecule has 178 valence electrons. The second-order valence-corrected chi connectivity index (χ2v) is 8.55. The highest BCUT2D eigenvalue weighted by molar-refractivity contribution is 5.84. The minimum Gasteiger partial charge on any atom is -0.481 e. The maximum absolute atomic E-state index is 11.1. The van der Waals surface area contributed by atoms with Gasteiger partial charge in [0.25, 0.3) is 0 Å². The van der Waals surface area contributed by atoms with E-state index in [0.717, 1.165) is 52.0 Å². The predicted octanol–water partition coefficient (Wildman–Crippen LogP) is 5.95. The quantitative estimate of drug-likeness (QED) is 0.275. The van der Waals surface area contributed by atoms with Gasteiger partial charge >= 0.3 is 5.97 Å². The van der Waals surface area contributed by atoms with Gasteiger partial charge in [-0.1, -0.05) is 49.4 Å². The van der Waals surface area contributed by atoms with Crippen LogP contribution in [0, 0.1) is 11.3 Å². The van der Waals surface area contributed by atoms with Gasteiger partial charge in [-0.15, -0.1) is 0 Å². The summed E-state index contributed by atoms with van der Waals surface area (Å²) in [4.78, 5) is 11.1. The van der Waals surface area contributed by atoms with Crippen molar-refractivity contribution < 1.29 is 14.6 Å². The van der Waals surface area contributed by atoms with E-state index in [9.17, 15) is 10.1 Å². The maximum Gasteiger partial charge on any atom is 0.303 e. The van der Waals surface area contributed by atoms with E-state index in [1.807, 2.05) is 53.0 Å². The zero-order chi connectivity index (χ0) is 24.6. The van der Waals surface area contributed by atoms with Crippen LogP contribution in [-0.4, -0.2) is 20.7 Å². The summed E-state index contributed by atoms with van der Waals surface area (Å²) >= 11 is 0. The van der Waals surface area contributed by atoms with Crippen LogP contribution >= 0.6 is 0 Å². The van der Waals surface area contributed by atoms with Gasteiger partial charge in [0, 0.05) is 17.7 Å². The summed E-state index contributed by atoms with van der Waals surface area (Å²) < 4.78 is 8.09. The third kappa shape index (κ3) is 5.76. The smallest absolute Gasteiger partial charge is 0.303 e. The lowest BCUT2D eigenvalue weighted by Gasteiger charge is -2.18. The van der Waals surface area contributed by atoms with Crippen molar-refractivity contribution in [2.45, 2.75) is 52.2 Å². The lowest BCUT2D eigenvalue weighted by Crippen LogP contribution is -2.10. The van der Waals surface area contributed by atoms with Crippen molar-refractivity contribution in [2.75, 3.05) is 0 Å². The summed E-state index contributed by atoms with van der Waals surface area (Å²) in [6.07, 6.45) is 2.96. The molecule has 2 aromatic heterocycles. The van der Waals surface area contributed by atoms with E-state index in [2.05, 4.69) is 25.1 Å². The van der Waals surface area contributed by atoms with Crippen LogP contribution < -0.4 is 0 Å². The van der Waals surface area contributed by atoms with Crippen molar-refractivity contribution in [1.29, 1.82) is 5.26 Å². The average Bonchev–Trinajstić information content (AvgIpc) is 3.29. The lowest BCUT2D eigenvalue weighted by molar-refractivity contribution is -0.137. The first-order valence-corrected chi connectivity index (χ1v) is 12.0. The molecule has 0 saturated heterocycles. The largest absolute Gasteiger partial charge is 0.481 e. The van der Waals surface area contributed by atoms with Crippen molar-refractivity contribution in [3.63, 3.8) is 0 Å². The lowest BCUT2D eigenvalue weighted by atomic mass is 9.93. The van der Waals surface area contributed by atoms with Crippen LogP contribution in [0.1, 0.15) is 54.3 Å². The molecule has 0 amide bonds. The molecule has 2 aromatic carbocycles. The molecule has 6 heteroatoms. The van der Waals surface area contributed by atoms with Gasteiger partial charge in [0.05, 0.1) is 36.1 Å². The first-order chi connectivity index (χ1) is 17.1. The molecule has 4 aromatic rings. The summed E-state index contributed by atoms with van der Waals surface area (Å²) in [6.45, 7) is 2.92. The number of aromatic nitrogens is 2. The van der Waals surface area contributed by atoms with E-state index in [4.69, 9.17) is 14.9 Å². The van der Waals surface area contributed by atoms with E-state index in [0.29, 0.717) is 31.6 Å². The number of benzene rings is 2. The first-order valence-electron chi connectivity index (χ1n) is 12.0. The third-order valence-electron chi connectivity index (χ3n) is 6.12. The van der Waals surface area contributed by atoms with Gasteiger partial charge in [0.2, 0.25) is 0 Å². The summed E-state index contributed by atoms with van der Waals surface area (Å²) in [7, 11) is 0. The van der Waals surface area contributed by atoms with E-state index in [1.165, 1.54) is 0 Å². The first kappa shape index (κ1) is 24.2. The SMILES string of the molecule is CCc1ccc2c(-c3cccc(C#N)c3)c(CCCCC(=O)O)c(COCc3ccccc3)nn12. The van der Waals surface area contributed by atoms with E-state index < -0.39 is 5.97 Å². The highest BCUT2D eigenvalue weighted by Crippen LogP contribution is 2.33. The summed E-state index contributed by atoms with van der Waals surface area (Å²) in [5, 5.41) is 23.6. The molecule has 2 heterocycles. The number of aryl methyl sites for hydroxylation is 1. The fourth-order valence-electron chi connectivity index (χ4n) is 4.40. The number of carbonyl (C=O) groups is 1. The number of fused-ring (bicyclic) bond motifs is 1. The zero-order valence-corrected chi connectivity index (χ0v) is 19.9. The number of unbranched alkanes of at least 4 members (excludes halogenated alkanes) is 1. The van der Waals surface area contributed by atoms with Gasteiger partial charge in [-0.05, 0) is 66.6 Å². The molecule has 0 saturated carbocycles. The van der Waals surface area contributed by atoms with E-state index in [1.54, 1.807) is 6.07 Å². The van der Waals surface area contributed by atoms with Crippen molar-refractivity contribution >= 4 is 11.5 Å². The maximum atomic E-state index is 11.1. The number of hydrogen-bond donors (Lipinski definition) is 1. The van der Waals surface area contributed by atoms with Gasteiger partial charge in [0.15, 0.2) is 0 Å². The Kier molecular flexibility index (Phi) is 7.92. The Balaban J connectivity index is 1.78. The Labute approximate surface area is 205 Å². The molecule has 0 spiro atoms. The molecule has 6 nitrogen and oxygen atoms in total. The summed E-state index contributed by atoms with van der Waals surface area (Å²) in [6, 6.07) is 24.0. The zero-order valence-electron chi connectivity index (χ0n) is 19.9. The Hall–Kier alpha value is -3.95. The molecule has 0 fully saturated rings. The molecule has 35 heavy (non-hydrogen) atoms. The number of ether oxygens (including phenoxy) is 1. The van der Waals surface area contributed by atoms with Crippen LogP contribution in [0.5, 0.6) is 0 Å². The number of rotatable bonds is 11. The van der Waals surface area contributed by atoms with Crippen molar-refractivity contribution in [1.82, 2.24) is 9.61 Å². The Morgan fingerprint density at radius 3 is 2.63 bits per heavy atom. The molecule has 0 aliphatic heterocycles. The normalized spacial score (nSPS) is 11.0. The molecule has 1 N–H and O–H groups in total. The number of hydrogen-bond acceptors (Lipinski definition) is 4. The van der Waals surface area contributed by atoms with Crippen LogP contribution in [0.4, 0.5) is 0 Å². The number of carboxylic acids is 1. The minimum absolute atomic E-state index is 0.139. The molecule has 0 aliphatic rings. The second kappa shape index (κ2) is 11.5. The molecule has 0 radical (unpaired) electrons. The van der Waals surface area contributed by atoms with Crippen molar-refractivity contribution in [2.24, 2.45) is 0 Å². The summed E-state index contributed by atoms with van der Waals surface area (Å²) in [5.74, 6) is -0.786. The van der Waals surface area contributed by atoms with Crippen LogP contribution in [0.2, 0.25) is 0 Å². The van der Waals surface area contributed by atoms with Crippen LogP contribution in [0.3, 0.4) is 0 Å². The molecular weight excluding hydrogens is 438 g/mol. The molecule has 4 rings (SSSR count). The monoisotopic (exact) mass is 467 g/mol. The summed E-state index contributed by atoms with van der Waals surface area (Å²) in [5.41, 5.74) is 7.64. The van der Waals surface area contributed by atoms with Crippen LogP contribution in [0.15, 0.2) is 66.7 Å². The van der Waals surface area contributed by atoms with Crippen LogP contribution in [0.25, 0.3) is 16.6 Å². The fraction of sp³-hybridized carbons (Fsp3) is 0.276. The molecule has 0 unspecified atom stereocenters. The van der Waals surface area contributed by atoms with Gasteiger partial charge in [0.1, 0.15) is 0 Å². The second-order valence-electron chi connectivity index (χ2n) is 8.55. The molecular formula is C29H29N3O3. The van der Waals surface area contributed by atoms with Crippen LogP contribution in [-0.2, 0) is 35.6 Å². The standard InChI is InChI=1S/C29H29N3O3/c1-2-24-15-16-27-29(23-12-8-11-22(17-23)18-30)25(13-6-7-14-28(33)34)26(31-32(24)27)20-35-19-21-9-4-3-5-10-21/h3-5,8-12,15-17H,2,6-7,13-14,19-20H2,1H3,(H,33,34). The van der Waals surface area contributed by atoms with Gasteiger partial charge in [-0.3, -0.25) is 4.79 Å². The average molecular weight is 468 g/mol. The highest BCUT2D eigenvalue weighted by Gasteiger charge is 2.19. The Morgan fingerprint density at radius 1 is 1.06 bits per heavy atom. The minimum atomic E-state index is -0.786. The predicted molar refractivity (Wildman–Crippen MR) is 135 cm³/mol. The highest BCUT2D eigenvalue weighted by atomic mass is 16.5. The number of nitriles is 1. The van der Waals surface area contributed by atoms with Crippen molar-refractivity contribution in [3.05, 3.63) is 94.8 Å². The fourth-order valence-corrected chi connectivity index (χ4v) is 4.40. The van der Waals surface area contributed by atoms with Crippen molar-refractivity contribution in [3.8, 4) is 17.2 Å². The van der Waals surface area contributed by atoms with Gasteiger partial charge in [-0.25, -0.2) is 4.52 Å². The van der Waals surface area contributed by atoms with Gasteiger partial charge < -0.3 is 9.84 Å². The topological polar surface area (TPSA) is 87.6 Å². The number of aliphatic carboxylic acids is 1. The van der Waals surface area contributed by atoms with E-state index >= 15 is 0 Å². The number of nitrogens with zero attached hydrogens (tertiary/aromatic N) is 3. The number of carboxylic acid groups (broad SMARTS) is 1. The molecule has 0 bridgehead atoms. The third-order valence-corrected chi connectivity index (χ3v) is 6.12. The molecule has 0 atom stereocenters. The molecule has 0 aliphatic carbocycles. The Morgan fingerprint density at radius 2 is 1.89 bits per heavy atom.